The van der Waals surface area contributed by atoms with Gasteiger partial charge < -0.3 is 5.11 Å². The fourth-order valence-corrected chi connectivity index (χ4v) is 5.23. The summed E-state index contributed by atoms with van der Waals surface area (Å²) in [5.41, 5.74) is -1.48. The molecule has 0 aliphatic rings. The fraction of sp³-hybridized carbons (Fsp3) is 0.583. The number of carboxylic acids is 1. The summed E-state index contributed by atoms with van der Waals surface area (Å²) in [6, 6.07) is 1.59. The lowest BCUT2D eigenvalue weighted by atomic mass is 10.1. The van der Waals surface area contributed by atoms with Crippen molar-refractivity contribution in [2.45, 2.75) is 45.1 Å². The molecule has 7 heteroatoms. The third-order valence-electron chi connectivity index (χ3n) is 3.00. The van der Waals surface area contributed by atoms with Gasteiger partial charge in [-0.25, -0.2) is 8.42 Å². The molecule has 0 radical (unpaired) electrons. The molecule has 1 aromatic heterocycles. The summed E-state index contributed by atoms with van der Waals surface area (Å²) in [6.07, 6.45) is 0. The summed E-state index contributed by atoms with van der Waals surface area (Å²) < 4.78 is 26.3. The van der Waals surface area contributed by atoms with E-state index in [9.17, 15) is 18.3 Å². The first-order chi connectivity index (χ1) is 8.55. The number of rotatable bonds is 5. The molecule has 0 aromatic carbocycles. The van der Waals surface area contributed by atoms with E-state index in [1.807, 2.05) is 6.92 Å². The highest BCUT2D eigenvalue weighted by Crippen LogP contribution is 2.31. The van der Waals surface area contributed by atoms with Gasteiger partial charge in [0.05, 0.1) is 4.90 Å². The highest BCUT2D eigenvalue weighted by Gasteiger charge is 2.42. The summed E-state index contributed by atoms with van der Waals surface area (Å²) in [6.45, 7) is 8.09. The van der Waals surface area contributed by atoms with E-state index in [2.05, 4.69) is 0 Å². The van der Waals surface area contributed by atoms with E-state index in [1.54, 1.807) is 19.9 Å². The number of sulfonamides is 1. The lowest BCUT2D eigenvalue weighted by Gasteiger charge is -2.32. The Hall–Kier alpha value is -0.920. The zero-order valence-corrected chi connectivity index (χ0v) is 13.4. The first-order valence-corrected chi connectivity index (χ1v) is 8.14. The van der Waals surface area contributed by atoms with Crippen molar-refractivity contribution >= 4 is 27.3 Å². The van der Waals surface area contributed by atoms with Crippen LogP contribution in [0.1, 0.15) is 30.5 Å². The number of hydrogen-bond acceptors (Lipinski definition) is 4. The van der Waals surface area contributed by atoms with E-state index in [1.165, 1.54) is 25.2 Å². The first-order valence-electron chi connectivity index (χ1n) is 5.88. The van der Waals surface area contributed by atoms with Gasteiger partial charge in [0.2, 0.25) is 10.0 Å². The van der Waals surface area contributed by atoms with E-state index in [4.69, 9.17) is 0 Å². The molecule has 5 nitrogen and oxygen atoms in total. The minimum absolute atomic E-state index is 0.107. The van der Waals surface area contributed by atoms with Crippen LogP contribution >= 0.6 is 11.3 Å². The van der Waals surface area contributed by atoms with Crippen molar-refractivity contribution in [3.8, 4) is 0 Å². The molecule has 0 unspecified atom stereocenters. The maximum absolute atomic E-state index is 12.6. The van der Waals surface area contributed by atoms with Gasteiger partial charge in [-0.1, -0.05) is 6.92 Å². The van der Waals surface area contributed by atoms with E-state index in [0.29, 0.717) is 4.88 Å². The second-order valence-electron chi connectivity index (χ2n) is 4.81. The van der Waals surface area contributed by atoms with E-state index >= 15 is 0 Å². The van der Waals surface area contributed by atoms with Crippen LogP contribution < -0.4 is 0 Å². The second kappa shape index (κ2) is 5.22. The Labute approximate surface area is 117 Å². The van der Waals surface area contributed by atoms with Crippen LogP contribution in [-0.4, -0.2) is 35.9 Å². The predicted octanol–water partition coefficient (Wildman–Crippen LogP) is 2.24. The maximum atomic E-state index is 12.6. The van der Waals surface area contributed by atoms with Crippen molar-refractivity contribution in [3.05, 3.63) is 15.8 Å². The Bertz CT molecular complexity index is 587. The molecular weight excluding hydrogens is 286 g/mol. The number of thiophene rings is 1. The van der Waals surface area contributed by atoms with Gasteiger partial charge in [0, 0.05) is 16.3 Å². The number of likely N-dealkylation sites (N-methyl/N-ethyl adjacent to an activating group) is 1. The Morgan fingerprint density at radius 1 is 1.42 bits per heavy atom. The van der Waals surface area contributed by atoms with Crippen molar-refractivity contribution in [3.63, 3.8) is 0 Å². The molecule has 1 N–H and O–H groups in total. The number of aryl methyl sites for hydroxylation is 2. The smallest absolute Gasteiger partial charge is 0.324 e. The van der Waals surface area contributed by atoms with Crippen LogP contribution in [0.5, 0.6) is 0 Å². The van der Waals surface area contributed by atoms with Crippen molar-refractivity contribution in [2.24, 2.45) is 0 Å². The van der Waals surface area contributed by atoms with Crippen LogP contribution in [0.4, 0.5) is 0 Å². The second-order valence-corrected chi connectivity index (χ2v) is 8.10. The van der Waals surface area contributed by atoms with Crippen LogP contribution in [0, 0.1) is 13.8 Å². The third-order valence-corrected chi connectivity index (χ3v) is 6.37. The summed E-state index contributed by atoms with van der Waals surface area (Å²) >= 11 is 1.39. The van der Waals surface area contributed by atoms with E-state index in [0.717, 1.165) is 9.18 Å². The molecule has 0 aliphatic carbocycles. The van der Waals surface area contributed by atoms with Gasteiger partial charge in [-0.2, -0.15) is 4.31 Å². The summed E-state index contributed by atoms with van der Waals surface area (Å²) in [5.74, 6) is -1.16. The largest absolute Gasteiger partial charge is 0.480 e. The Balaban J connectivity index is 3.40. The van der Waals surface area contributed by atoms with Gasteiger partial charge >= 0.3 is 5.97 Å². The summed E-state index contributed by atoms with van der Waals surface area (Å²) in [7, 11) is -3.80. The van der Waals surface area contributed by atoms with Crippen LogP contribution in [0.2, 0.25) is 0 Å². The van der Waals surface area contributed by atoms with Crippen LogP contribution in [-0.2, 0) is 14.8 Å². The average Bonchev–Trinajstić information content (AvgIpc) is 2.58. The number of aliphatic carboxylic acids is 1. The van der Waals surface area contributed by atoms with Crippen LogP contribution in [0.15, 0.2) is 11.0 Å². The Morgan fingerprint density at radius 2 is 1.95 bits per heavy atom. The SMILES string of the molecule is CCN(C(C)(C)C(=O)O)S(=O)(=O)c1cc(C)sc1C. The minimum atomic E-state index is -3.80. The van der Waals surface area contributed by atoms with Gasteiger partial charge in [-0.05, 0) is 33.8 Å². The average molecular weight is 305 g/mol. The van der Waals surface area contributed by atoms with E-state index < -0.39 is 21.5 Å². The van der Waals surface area contributed by atoms with Crippen molar-refractivity contribution in [2.75, 3.05) is 6.54 Å². The highest BCUT2D eigenvalue weighted by atomic mass is 32.2. The Kier molecular flexibility index (Phi) is 4.44. The molecular formula is C12H19NO4S2. The van der Waals surface area contributed by atoms with Crippen LogP contribution in [0.25, 0.3) is 0 Å². The number of carboxylic acid groups (broad SMARTS) is 1. The lowest BCUT2D eigenvalue weighted by molar-refractivity contribution is -0.146. The molecule has 19 heavy (non-hydrogen) atoms. The normalized spacial score (nSPS) is 12.9. The molecule has 0 spiro atoms. The van der Waals surface area contributed by atoms with E-state index in [-0.39, 0.29) is 11.4 Å². The van der Waals surface area contributed by atoms with Gasteiger partial charge in [-0.3, -0.25) is 4.79 Å². The molecule has 0 saturated heterocycles. The molecule has 0 atom stereocenters. The number of nitrogens with zero attached hydrogens (tertiary/aromatic N) is 1. The molecule has 0 bridgehead atoms. The van der Waals surface area contributed by atoms with Gasteiger partial charge in [0.25, 0.3) is 0 Å². The molecule has 1 rings (SSSR count). The standard InChI is InChI=1S/C12H19NO4S2/c1-6-13(12(4,5)11(14)15)19(16,17)10-7-8(2)18-9(10)3/h7H,6H2,1-5H3,(H,14,15). The fourth-order valence-electron chi connectivity index (χ4n) is 1.95. The molecule has 1 heterocycles. The molecule has 108 valence electrons. The summed E-state index contributed by atoms with van der Waals surface area (Å²) in [5, 5.41) is 9.22. The molecule has 0 saturated carbocycles. The first kappa shape index (κ1) is 16.1. The number of carbonyl (C=O) groups is 1. The number of hydrogen-bond donors (Lipinski definition) is 1. The maximum Gasteiger partial charge on any atom is 0.324 e. The zero-order valence-electron chi connectivity index (χ0n) is 11.7. The molecule has 0 aliphatic heterocycles. The molecule has 1 aromatic rings. The van der Waals surface area contributed by atoms with Crippen LogP contribution in [0.3, 0.4) is 0 Å². The molecule has 0 fully saturated rings. The minimum Gasteiger partial charge on any atom is -0.480 e. The topological polar surface area (TPSA) is 74.7 Å². The van der Waals surface area contributed by atoms with Crippen molar-refractivity contribution < 1.29 is 18.3 Å². The summed E-state index contributed by atoms with van der Waals surface area (Å²) in [4.78, 5) is 13.1. The zero-order chi connectivity index (χ0) is 15.0. The van der Waals surface area contributed by atoms with Gasteiger partial charge in [0.15, 0.2) is 0 Å². The van der Waals surface area contributed by atoms with Gasteiger partial charge in [0.1, 0.15) is 5.54 Å². The third kappa shape index (κ3) is 2.82. The van der Waals surface area contributed by atoms with Crippen molar-refractivity contribution in [1.82, 2.24) is 4.31 Å². The Morgan fingerprint density at radius 3 is 2.26 bits per heavy atom. The quantitative estimate of drug-likeness (QED) is 0.905. The van der Waals surface area contributed by atoms with Crippen molar-refractivity contribution in [1.29, 1.82) is 0 Å². The van der Waals surface area contributed by atoms with Gasteiger partial charge in [-0.15, -0.1) is 11.3 Å². The molecule has 0 amide bonds. The lowest BCUT2D eigenvalue weighted by Crippen LogP contribution is -2.52. The highest BCUT2D eigenvalue weighted by molar-refractivity contribution is 7.89. The monoisotopic (exact) mass is 305 g/mol. The predicted molar refractivity (Wildman–Crippen MR) is 75.1 cm³/mol.